The van der Waals surface area contributed by atoms with E-state index < -0.39 is 59.1 Å². The van der Waals surface area contributed by atoms with Crippen molar-refractivity contribution in [2.24, 2.45) is 23.0 Å². The molecule has 12 heteroatoms. The molecule has 3 aliphatic rings. The topological polar surface area (TPSA) is 171 Å². The number of nitrogens with zero attached hydrogens (tertiary/aromatic N) is 2. The minimum Gasteiger partial charge on any atom is -0.378 e. The lowest BCUT2D eigenvalue weighted by atomic mass is 9.81. The number of amides is 5. The summed E-state index contributed by atoms with van der Waals surface area (Å²) in [5.41, 5.74) is 5.98. The number of carbonyl (C=O) groups excluding carboxylic acids is 6. The number of ketones is 2. The summed E-state index contributed by atoms with van der Waals surface area (Å²) in [5, 5.41) is 8.48. The molecule has 1 aliphatic heterocycles. The SMILES string of the molecule is CN(C)c1ccc(C(=O)C(NC(=O)NC(C(=O)N2CCC[C@H]2C(=O)NC(CC2CC2)C(=O)C(N)=O)C(C)(C)C)C2CCCCC2)cc1. The van der Waals surface area contributed by atoms with Gasteiger partial charge in [0.1, 0.15) is 12.1 Å². The molecule has 4 rings (SSSR count). The van der Waals surface area contributed by atoms with E-state index in [0.29, 0.717) is 31.4 Å². The van der Waals surface area contributed by atoms with Crippen molar-refractivity contribution in [3.8, 4) is 0 Å². The fourth-order valence-corrected chi connectivity index (χ4v) is 6.76. The Balaban J connectivity index is 1.49. The van der Waals surface area contributed by atoms with Crippen molar-refractivity contribution >= 4 is 41.0 Å². The summed E-state index contributed by atoms with van der Waals surface area (Å²) in [6.45, 7) is 5.78. The van der Waals surface area contributed by atoms with Crippen molar-refractivity contribution in [3.05, 3.63) is 29.8 Å². The van der Waals surface area contributed by atoms with Gasteiger partial charge in [0.25, 0.3) is 5.91 Å². The normalized spacial score (nSPS) is 20.4. The van der Waals surface area contributed by atoms with E-state index in [1.807, 2.05) is 51.9 Å². The van der Waals surface area contributed by atoms with Gasteiger partial charge >= 0.3 is 6.03 Å². The fourth-order valence-electron chi connectivity index (χ4n) is 6.76. The van der Waals surface area contributed by atoms with Crippen LogP contribution in [-0.2, 0) is 19.2 Å². The number of primary amides is 1. The summed E-state index contributed by atoms with van der Waals surface area (Å²) in [5.74, 6) is -2.84. The molecular weight excluding hydrogens is 600 g/mol. The van der Waals surface area contributed by atoms with Crippen molar-refractivity contribution < 1.29 is 28.8 Å². The Labute approximate surface area is 277 Å². The van der Waals surface area contributed by atoms with E-state index in [0.717, 1.165) is 50.6 Å². The highest BCUT2D eigenvalue weighted by Gasteiger charge is 2.44. The van der Waals surface area contributed by atoms with Crippen molar-refractivity contribution in [3.63, 3.8) is 0 Å². The van der Waals surface area contributed by atoms with E-state index in [1.165, 1.54) is 4.90 Å². The third-order valence-corrected chi connectivity index (χ3v) is 9.73. The first kappa shape index (κ1) is 35.9. The van der Waals surface area contributed by atoms with Gasteiger partial charge in [0.15, 0.2) is 5.78 Å². The van der Waals surface area contributed by atoms with E-state index in [9.17, 15) is 28.8 Å². The maximum Gasteiger partial charge on any atom is 0.316 e. The average molecular weight is 653 g/mol. The van der Waals surface area contributed by atoms with Crippen LogP contribution in [0.3, 0.4) is 0 Å². The molecule has 258 valence electrons. The predicted octanol–water partition coefficient (Wildman–Crippen LogP) is 2.93. The minimum absolute atomic E-state index is 0.0299. The van der Waals surface area contributed by atoms with Gasteiger partial charge < -0.3 is 31.5 Å². The fraction of sp³-hybridized carbons (Fsp3) is 0.657. The molecule has 4 atom stereocenters. The summed E-state index contributed by atoms with van der Waals surface area (Å²) in [6, 6.07) is 3.03. The summed E-state index contributed by atoms with van der Waals surface area (Å²) in [6.07, 6.45) is 7.80. The van der Waals surface area contributed by atoms with Gasteiger partial charge in [-0.25, -0.2) is 4.79 Å². The van der Waals surface area contributed by atoms with Crippen molar-refractivity contribution in [2.45, 2.75) is 109 Å². The average Bonchev–Trinajstić information content (AvgIpc) is 3.71. The Kier molecular flexibility index (Phi) is 11.7. The van der Waals surface area contributed by atoms with Crippen molar-refractivity contribution in [2.75, 3.05) is 25.5 Å². The molecule has 2 aliphatic carbocycles. The number of rotatable bonds is 13. The highest BCUT2D eigenvalue weighted by Crippen LogP contribution is 2.34. The number of nitrogens with one attached hydrogen (secondary N) is 3. The Hall–Kier alpha value is -3.96. The van der Waals surface area contributed by atoms with Gasteiger partial charge in [-0.15, -0.1) is 0 Å². The maximum atomic E-state index is 14.1. The molecule has 2 saturated carbocycles. The van der Waals surface area contributed by atoms with E-state index in [-0.39, 0.29) is 17.6 Å². The molecular formula is C35H52N6O6. The largest absolute Gasteiger partial charge is 0.378 e. The second-order valence-electron chi connectivity index (χ2n) is 14.8. The van der Waals surface area contributed by atoms with Crippen LogP contribution in [0.4, 0.5) is 10.5 Å². The molecule has 3 fully saturated rings. The molecule has 0 spiro atoms. The van der Waals surface area contributed by atoms with E-state index in [1.54, 1.807) is 12.1 Å². The number of Topliss-reactive ketones (excluding diaryl/α,β-unsaturated/α-hetero) is 2. The van der Waals surface area contributed by atoms with Crippen LogP contribution in [0.2, 0.25) is 0 Å². The lowest BCUT2D eigenvalue weighted by molar-refractivity contribution is -0.143. The molecule has 0 radical (unpaired) electrons. The number of likely N-dealkylation sites (tertiary alicyclic amines) is 1. The third-order valence-electron chi connectivity index (χ3n) is 9.73. The number of anilines is 1. The number of hydrogen-bond acceptors (Lipinski definition) is 7. The molecule has 5 amide bonds. The number of carbonyl (C=O) groups is 6. The Morgan fingerprint density at radius 3 is 2.06 bits per heavy atom. The second-order valence-corrected chi connectivity index (χ2v) is 14.8. The van der Waals surface area contributed by atoms with Gasteiger partial charge in [-0.3, -0.25) is 24.0 Å². The Morgan fingerprint density at radius 2 is 1.51 bits per heavy atom. The monoisotopic (exact) mass is 652 g/mol. The van der Waals surface area contributed by atoms with Crippen LogP contribution >= 0.6 is 0 Å². The molecule has 5 N–H and O–H groups in total. The van der Waals surface area contributed by atoms with Gasteiger partial charge in [-0.1, -0.05) is 52.9 Å². The summed E-state index contributed by atoms with van der Waals surface area (Å²) < 4.78 is 0. The smallest absolute Gasteiger partial charge is 0.316 e. The molecule has 3 unspecified atom stereocenters. The van der Waals surface area contributed by atoms with Crippen molar-refractivity contribution in [1.29, 1.82) is 0 Å². The van der Waals surface area contributed by atoms with Crippen LogP contribution in [0.5, 0.6) is 0 Å². The zero-order valence-electron chi connectivity index (χ0n) is 28.5. The number of benzene rings is 1. The van der Waals surface area contributed by atoms with Gasteiger partial charge in [-0.2, -0.15) is 0 Å². The summed E-state index contributed by atoms with van der Waals surface area (Å²) in [7, 11) is 3.85. The standard InChI is InChI=1S/C35H52N6O6/c1-35(2,3)30(33(46)41-19-9-12-26(41)32(45)37-25(20-21-13-14-21)29(43)31(36)44)39-34(47)38-27(22-10-7-6-8-11-22)28(42)23-15-17-24(18-16-23)40(4)5/h15-18,21-22,25-27,30H,6-14,19-20H2,1-5H3,(H2,36,44)(H,37,45)(H2,38,39,47)/t25?,26-,27?,30?/m0/s1. The van der Waals surface area contributed by atoms with Crippen LogP contribution in [0.25, 0.3) is 0 Å². The van der Waals surface area contributed by atoms with Crippen molar-refractivity contribution in [1.82, 2.24) is 20.9 Å². The molecule has 47 heavy (non-hydrogen) atoms. The second kappa shape index (κ2) is 15.3. The number of nitrogens with two attached hydrogens (primary N) is 1. The first-order valence-corrected chi connectivity index (χ1v) is 17.0. The molecule has 0 bridgehead atoms. The first-order valence-electron chi connectivity index (χ1n) is 17.0. The lowest BCUT2D eigenvalue weighted by Crippen LogP contribution is -2.61. The van der Waals surface area contributed by atoms with Crippen LogP contribution in [0.1, 0.15) is 95.3 Å². The van der Waals surface area contributed by atoms with E-state index in [2.05, 4.69) is 16.0 Å². The quantitative estimate of drug-likeness (QED) is 0.187. The molecule has 1 aromatic rings. The highest BCUT2D eigenvalue weighted by atomic mass is 16.2. The first-order chi connectivity index (χ1) is 22.2. The third kappa shape index (κ3) is 9.32. The van der Waals surface area contributed by atoms with Crippen LogP contribution in [0, 0.1) is 17.3 Å². The van der Waals surface area contributed by atoms with Gasteiger partial charge in [0, 0.05) is 31.9 Å². The summed E-state index contributed by atoms with van der Waals surface area (Å²) in [4.78, 5) is 82.5. The number of urea groups is 1. The highest BCUT2D eigenvalue weighted by molar-refractivity contribution is 6.37. The Morgan fingerprint density at radius 1 is 0.872 bits per heavy atom. The van der Waals surface area contributed by atoms with Crippen LogP contribution in [-0.4, -0.2) is 85.0 Å². The Bertz CT molecular complexity index is 1330. The van der Waals surface area contributed by atoms with Gasteiger partial charge in [-0.05, 0) is 73.6 Å². The number of hydrogen-bond donors (Lipinski definition) is 4. The molecule has 1 aromatic carbocycles. The molecule has 12 nitrogen and oxygen atoms in total. The lowest BCUT2D eigenvalue weighted by Gasteiger charge is -2.36. The van der Waals surface area contributed by atoms with E-state index in [4.69, 9.17) is 5.73 Å². The molecule has 1 saturated heterocycles. The maximum absolute atomic E-state index is 14.1. The van der Waals surface area contributed by atoms with Gasteiger partial charge in [0.2, 0.25) is 17.6 Å². The molecule has 0 aromatic heterocycles. The van der Waals surface area contributed by atoms with Gasteiger partial charge in [0.05, 0.1) is 12.1 Å². The minimum atomic E-state index is -1.10. The zero-order chi connectivity index (χ0) is 34.5. The summed E-state index contributed by atoms with van der Waals surface area (Å²) >= 11 is 0. The zero-order valence-corrected chi connectivity index (χ0v) is 28.5. The van der Waals surface area contributed by atoms with Crippen LogP contribution in [0.15, 0.2) is 24.3 Å². The van der Waals surface area contributed by atoms with E-state index >= 15 is 0 Å². The van der Waals surface area contributed by atoms with Crippen LogP contribution < -0.4 is 26.6 Å². The molecule has 1 heterocycles. The predicted molar refractivity (Wildman–Crippen MR) is 179 cm³/mol.